The number of carbonyl (C=O) groups excluding carboxylic acids is 1. The first kappa shape index (κ1) is 12.7. The second-order valence-electron chi connectivity index (χ2n) is 4.80. The Hall–Kier alpha value is -1.77. The van der Waals surface area contributed by atoms with E-state index in [1.54, 1.807) is 12.1 Å². The Labute approximate surface area is 108 Å². The van der Waals surface area contributed by atoms with Gasteiger partial charge in [0.05, 0.1) is 0 Å². The molecule has 2 N–H and O–H groups in total. The zero-order valence-corrected chi connectivity index (χ0v) is 10.7. The summed E-state index contributed by atoms with van der Waals surface area (Å²) in [6, 6.07) is 5.17. The molecular formula is C15H19NO2. The van der Waals surface area contributed by atoms with Gasteiger partial charge in [-0.2, -0.15) is 0 Å². The summed E-state index contributed by atoms with van der Waals surface area (Å²) in [6.45, 7) is 1.93. The molecule has 1 aliphatic rings. The summed E-state index contributed by atoms with van der Waals surface area (Å²) in [4.78, 5) is 11.8. The number of allylic oxidation sites excluding steroid dienone is 1. The molecule has 3 heteroatoms. The third-order valence-corrected chi connectivity index (χ3v) is 3.32. The molecule has 1 aromatic rings. The van der Waals surface area contributed by atoms with Crippen LogP contribution >= 0.6 is 0 Å². The lowest BCUT2D eigenvalue weighted by Crippen LogP contribution is -2.03. The van der Waals surface area contributed by atoms with Gasteiger partial charge in [-0.25, -0.2) is 0 Å². The summed E-state index contributed by atoms with van der Waals surface area (Å²) in [5.74, 6) is 0.521. The number of rotatable bonds is 2. The van der Waals surface area contributed by atoms with Gasteiger partial charge in [-0.3, -0.25) is 4.79 Å². The number of nitrogens with one attached hydrogen (secondary N) is 1. The van der Waals surface area contributed by atoms with Crippen LogP contribution in [0.3, 0.4) is 0 Å². The number of ketones is 1. The predicted molar refractivity (Wildman–Crippen MR) is 72.6 cm³/mol. The molecule has 0 bridgehead atoms. The van der Waals surface area contributed by atoms with Crippen LogP contribution < -0.4 is 5.32 Å². The molecule has 0 spiro atoms. The largest absolute Gasteiger partial charge is 0.508 e. The Morgan fingerprint density at radius 3 is 2.78 bits per heavy atom. The highest BCUT2D eigenvalue weighted by atomic mass is 16.3. The fourth-order valence-electron chi connectivity index (χ4n) is 2.21. The zero-order chi connectivity index (χ0) is 13.0. The molecule has 1 saturated carbocycles. The quantitative estimate of drug-likeness (QED) is 0.476. The van der Waals surface area contributed by atoms with Gasteiger partial charge in [0, 0.05) is 23.9 Å². The minimum absolute atomic E-state index is 0.260. The first-order valence-electron chi connectivity index (χ1n) is 6.45. The van der Waals surface area contributed by atoms with Gasteiger partial charge in [0.25, 0.3) is 0 Å². The minimum Gasteiger partial charge on any atom is -0.508 e. The average Bonchev–Trinajstić information content (AvgIpc) is 2.53. The van der Waals surface area contributed by atoms with E-state index < -0.39 is 0 Å². The van der Waals surface area contributed by atoms with Crippen LogP contribution in [-0.2, 0) is 4.79 Å². The summed E-state index contributed by atoms with van der Waals surface area (Å²) in [7, 11) is 0. The highest BCUT2D eigenvalue weighted by Crippen LogP contribution is 2.22. The normalized spacial score (nSPS) is 18.7. The monoisotopic (exact) mass is 245 g/mol. The van der Waals surface area contributed by atoms with E-state index in [2.05, 4.69) is 5.32 Å². The Morgan fingerprint density at radius 1 is 1.22 bits per heavy atom. The number of aryl methyl sites for hydroxylation is 1. The Morgan fingerprint density at radius 2 is 2.00 bits per heavy atom. The maximum Gasteiger partial charge on any atom is 0.160 e. The van der Waals surface area contributed by atoms with Gasteiger partial charge in [-0.1, -0.05) is 6.42 Å². The zero-order valence-electron chi connectivity index (χ0n) is 10.7. The minimum atomic E-state index is 0.260. The van der Waals surface area contributed by atoms with Crippen molar-refractivity contribution in [1.29, 1.82) is 0 Å². The van der Waals surface area contributed by atoms with Crippen LogP contribution in [0.4, 0.5) is 5.69 Å². The highest BCUT2D eigenvalue weighted by Gasteiger charge is 2.13. The van der Waals surface area contributed by atoms with Gasteiger partial charge in [-0.05, 0) is 49.9 Å². The van der Waals surface area contributed by atoms with E-state index in [-0.39, 0.29) is 11.5 Å². The predicted octanol–water partition coefficient (Wildman–Crippen LogP) is 3.53. The molecule has 0 aliphatic heterocycles. The van der Waals surface area contributed by atoms with Crippen molar-refractivity contribution in [3.05, 3.63) is 35.5 Å². The van der Waals surface area contributed by atoms with Crippen LogP contribution in [0.25, 0.3) is 0 Å². The van der Waals surface area contributed by atoms with E-state index in [1.807, 2.05) is 19.2 Å². The smallest absolute Gasteiger partial charge is 0.160 e. The van der Waals surface area contributed by atoms with E-state index in [1.165, 1.54) is 0 Å². The third-order valence-electron chi connectivity index (χ3n) is 3.32. The van der Waals surface area contributed by atoms with Crippen LogP contribution in [0.1, 0.15) is 37.7 Å². The lowest BCUT2D eigenvalue weighted by Gasteiger charge is -2.08. The number of Topliss-reactive ketones (excluding diaryl/α,β-unsaturated/α-hetero) is 1. The molecule has 0 radical (unpaired) electrons. The third kappa shape index (κ3) is 3.13. The van der Waals surface area contributed by atoms with E-state index in [4.69, 9.17) is 0 Å². The maximum absolute atomic E-state index is 11.8. The molecule has 96 valence electrons. The molecule has 0 unspecified atom stereocenters. The van der Waals surface area contributed by atoms with Crippen molar-refractivity contribution in [3.8, 4) is 5.75 Å². The molecule has 3 nitrogen and oxygen atoms in total. The van der Waals surface area contributed by atoms with Crippen molar-refractivity contribution in [2.75, 3.05) is 5.32 Å². The number of benzene rings is 1. The molecule has 0 saturated heterocycles. The van der Waals surface area contributed by atoms with Crippen molar-refractivity contribution in [1.82, 2.24) is 0 Å². The molecule has 0 heterocycles. The Bertz CT molecular complexity index is 477. The van der Waals surface area contributed by atoms with E-state index in [9.17, 15) is 9.90 Å². The molecule has 18 heavy (non-hydrogen) atoms. The summed E-state index contributed by atoms with van der Waals surface area (Å²) < 4.78 is 0. The Kier molecular flexibility index (Phi) is 4.03. The summed E-state index contributed by atoms with van der Waals surface area (Å²) in [6.07, 6.45) is 6.60. The van der Waals surface area contributed by atoms with Crippen LogP contribution in [0.2, 0.25) is 0 Å². The number of phenolic OH excluding ortho intramolecular Hbond substituents is 1. The number of hydrogen-bond acceptors (Lipinski definition) is 3. The first-order chi connectivity index (χ1) is 8.66. The topological polar surface area (TPSA) is 49.3 Å². The first-order valence-corrected chi connectivity index (χ1v) is 6.45. The summed E-state index contributed by atoms with van der Waals surface area (Å²) in [5.41, 5.74) is 2.78. The number of hydrogen-bond donors (Lipinski definition) is 2. The van der Waals surface area contributed by atoms with E-state index in [0.29, 0.717) is 6.42 Å². The van der Waals surface area contributed by atoms with Crippen molar-refractivity contribution in [3.63, 3.8) is 0 Å². The van der Waals surface area contributed by atoms with Gasteiger partial charge >= 0.3 is 0 Å². The molecule has 1 aromatic carbocycles. The molecule has 1 aliphatic carbocycles. The van der Waals surface area contributed by atoms with Crippen LogP contribution in [0, 0.1) is 6.92 Å². The van der Waals surface area contributed by atoms with Crippen molar-refractivity contribution < 1.29 is 9.90 Å². The molecule has 0 aromatic heterocycles. The van der Waals surface area contributed by atoms with Gasteiger partial charge < -0.3 is 10.4 Å². The fourth-order valence-corrected chi connectivity index (χ4v) is 2.21. The van der Waals surface area contributed by atoms with Crippen LogP contribution in [-0.4, -0.2) is 10.9 Å². The highest BCUT2D eigenvalue weighted by molar-refractivity contribution is 5.95. The standard InChI is InChI=1S/C15H19NO2/c1-11-9-13(17)7-8-14(11)16-10-12-5-3-2-4-6-15(12)18/h7-10,16-17H,2-6H2,1H3. The molecule has 0 amide bonds. The molecule has 1 fully saturated rings. The molecule has 0 atom stereocenters. The van der Waals surface area contributed by atoms with Gasteiger partial charge in [-0.15, -0.1) is 0 Å². The lowest BCUT2D eigenvalue weighted by atomic mass is 10.1. The second kappa shape index (κ2) is 5.71. The fraction of sp³-hybridized carbons (Fsp3) is 0.400. The number of anilines is 1. The number of carbonyl (C=O) groups is 1. The van der Waals surface area contributed by atoms with Gasteiger partial charge in [0.2, 0.25) is 0 Å². The van der Waals surface area contributed by atoms with Crippen molar-refractivity contribution in [2.24, 2.45) is 0 Å². The summed E-state index contributed by atoms with van der Waals surface area (Å²) in [5, 5.41) is 12.5. The lowest BCUT2D eigenvalue weighted by molar-refractivity contribution is -0.115. The van der Waals surface area contributed by atoms with Crippen molar-refractivity contribution in [2.45, 2.75) is 39.0 Å². The van der Waals surface area contributed by atoms with Crippen LogP contribution in [0.15, 0.2) is 30.0 Å². The van der Waals surface area contributed by atoms with Gasteiger partial charge in [0.1, 0.15) is 5.75 Å². The Balaban J connectivity index is 2.11. The average molecular weight is 245 g/mol. The van der Waals surface area contributed by atoms with E-state index >= 15 is 0 Å². The van der Waals surface area contributed by atoms with Crippen LogP contribution in [0.5, 0.6) is 5.75 Å². The summed E-state index contributed by atoms with van der Waals surface area (Å²) >= 11 is 0. The SMILES string of the molecule is Cc1cc(O)ccc1NC=C1CCCCCC1=O. The van der Waals surface area contributed by atoms with E-state index in [0.717, 1.165) is 42.5 Å². The number of aromatic hydroxyl groups is 1. The molecule has 2 rings (SSSR count). The van der Waals surface area contributed by atoms with Gasteiger partial charge in [0.15, 0.2) is 5.78 Å². The van der Waals surface area contributed by atoms with Crippen molar-refractivity contribution >= 4 is 11.5 Å². The molecular weight excluding hydrogens is 226 g/mol. The number of phenols is 1. The maximum atomic E-state index is 11.8. The second-order valence-corrected chi connectivity index (χ2v) is 4.80.